The number of amides is 6. The first-order chi connectivity index (χ1) is 29.8. The molecule has 62 heavy (non-hydrogen) atoms. The molecule has 0 unspecified atom stereocenters. The van der Waals surface area contributed by atoms with Crippen LogP contribution in [0.1, 0.15) is 95.7 Å². The van der Waals surface area contributed by atoms with Crippen molar-refractivity contribution in [3.8, 4) is 28.7 Å². The second kappa shape index (κ2) is 26.5. The number of nitrogens with zero attached hydrogens (tertiary/aromatic N) is 2. The first kappa shape index (κ1) is 50.6. The van der Waals surface area contributed by atoms with E-state index < -0.39 is 59.7 Å². The molecule has 6 amide bonds. The molecule has 2 aromatic rings. The predicted molar refractivity (Wildman–Crippen MR) is 234 cm³/mol. The van der Waals surface area contributed by atoms with Crippen molar-refractivity contribution >= 4 is 35.4 Å². The number of hydrogen-bond acceptors (Lipinski definition) is 12. The summed E-state index contributed by atoms with van der Waals surface area (Å²) in [5, 5.41) is 22.4. The average molecular weight is 863 g/mol. The molecule has 11 N–H and O–H groups in total. The van der Waals surface area contributed by atoms with Crippen LogP contribution in [0.2, 0.25) is 0 Å². The maximum Gasteiger partial charge on any atom is 0.248 e. The molecule has 18 heteroatoms. The smallest absolute Gasteiger partial charge is 0.248 e. The Morgan fingerprint density at radius 2 is 1.50 bits per heavy atom. The standard InChI is InChI=1S/C44H66N10O8/c1-5-6-7-8-9-10-11-12-38(55)50-28(2)40(56)52-34(17-18-45)44(60)54(4)39-31-14-16-37(62-24-21-48)33(27-31)32-25-30(13-15-36(32)61-23-20-47)26-35(42(58)49-22-19-46)53-41(57)29(3)51-43(39)59/h13-16,25,27-29,34-35,39H,5-12,17-18,20-24,26,45,47-48H2,1-4H3,(H,49,58)(H,50,55)(H,51,59)(H,52,56)(H,53,57)/t28-,29-,34-,35-,39-/m0/s1. The third-order valence-electron chi connectivity index (χ3n) is 10.4. The van der Waals surface area contributed by atoms with Gasteiger partial charge in [-0.2, -0.15) is 5.26 Å². The maximum absolute atomic E-state index is 14.5. The number of nitrogens with two attached hydrogens (primary N) is 3. The van der Waals surface area contributed by atoms with Gasteiger partial charge in [0.15, 0.2) is 0 Å². The minimum absolute atomic E-state index is 0.0000532. The van der Waals surface area contributed by atoms with E-state index in [4.69, 9.17) is 31.9 Å². The molecule has 5 atom stereocenters. The Morgan fingerprint density at radius 1 is 0.871 bits per heavy atom. The van der Waals surface area contributed by atoms with Crippen molar-refractivity contribution < 1.29 is 38.2 Å². The van der Waals surface area contributed by atoms with Crippen molar-refractivity contribution in [2.24, 2.45) is 17.2 Å². The lowest BCUT2D eigenvalue weighted by Gasteiger charge is -2.33. The average Bonchev–Trinajstić information content (AvgIpc) is 3.25. The molecule has 4 bridgehead atoms. The summed E-state index contributed by atoms with van der Waals surface area (Å²) in [5.74, 6) is -2.88. The van der Waals surface area contributed by atoms with Gasteiger partial charge in [-0.05, 0) is 68.6 Å². The van der Waals surface area contributed by atoms with Gasteiger partial charge >= 0.3 is 0 Å². The first-order valence-corrected chi connectivity index (χ1v) is 21.5. The monoisotopic (exact) mass is 863 g/mol. The summed E-state index contributed by atoms with van der Waals surface area (Å²) >= 11 is 0. The van der Waals surface area contributed by atoms with E-state index in [2.05, 4.69) is 33.5 Å². The molecule has 3 rings (SSSR count). The van der Waals surface area contributed by atoms with Crippen LogP contribution in [0.25, 0.3) is 11.1 Å². The second-order valence-corrected chi connectivity index (χ2v) is 15.4. The van der Waals surface area contributed by atoms with Gasteiger partial charge in [-0.1, -0.05) is 57.6 Å². The van der Waals surface area contributed by atoms with E-state index in [9.17, 15) is 28.8 Å². The van der Waals surface area contributed by atoms with Gasteiger partial charge in [0.1, 0.15) is 61.5 Å². The van der Waals surface area contributed by atoms with Crippen molar-refractivity contribution in [3.05, 3.63) is 47.5 Å². The SMILES string of the molecule is CCCCCCCCCC(=O)N[C@@H](C)C(=O)N[C@@H](CCN)C(=O)N(C)[C@@H]1C(=O)N[C@@H](C)C(=O)N[C@H](C(=O)NCC#N)Cc2ccc(OCCN)c(c2)-c2cc1ccc2OCCN. The highest BCUT2D eigenvalue weighted by Crippen LogP contribution is 2.40. The van der Waals surface area contributed by atoms with Gasteiger partial charge in [0.05, 0.1) is 6.07 Å². The Balaban J connectivity index is 2.05. The van der Waals surface area contributed by atoms with Gasteiger partial charge in [-0.25, -0.2) is 0 Å². The van der Waals surface area contributed by atoms with Crippen molar-refractivity contribution in [1.29, 1.82) is 5.26 Å². The predicted octanol–water partition coefficient (Wildman–Crippen LogP) is 1.19. The molecule has 0 saturated heterocycles. The number of nitrogens with one attached hydrogen (secondary N) is 5. The molecule has 0 aromatic heterocycles. The summed E-state index contributed by atoms with van der Waals surface area (Å²) in [6, 6.07) is 6.02. The molecule has 0 spiro atoms. The highest BCUT2D eigenvalue weighted by molar-refractivity contribution is 5.97. The topological polar surface area (TPSA) is 286 Å². The van der Waals surface area contributed by atoms with Crippen LogP contribution in [0, 0.1) is 11.3 Å². The van der Waals surface area contributed by atoms with E-state index in [1.807, 2.05) is 6.07 Å². The number of ether oxygens (including phenoxy) is 2. The third kappa shape index (κ3) is 15.3. The summed E-state index contributed by atoms with van der Waals surface area (Å²) < 4.78 is 12.1. The van der Waals surface area contributed by atoms with E-state index in [0.29, 0.717) is 40.2 Å². The number of carbonyl (C=O) groups excluding carboxylic acids is 6. The van der Waals surface area contributed by atoms with Crippen LogP contribution < -0.4 is 53.3 Å². The van der Waals surface area contributed by atoms with Crippen molar-refractivity contribution in [1.82, 2.24) is 31.5 Å². The van der Waals surface area contributed by atoms with E-state index in [1.165, 1.54) is 33.7 Å². The fourth-order valence-corrected chi connectivity index (χ4v) is 7.05. The van der Waals surface area contributed by atoms with Gasteiger partial charge in [0.2, 0.25) is 35.4 Å². The fraction of sp³-hybridized carbons (Fsp3) is 0.568. The highest BCUT2D eigenvalue weighted by atomic mass is 16.5. The van der Waals surface area contributed by atoms with E-state index in [0.717, 1.165) is 30.6 Å². The van der Waals surface area contributed by atoms with Crippen molar-refractivity contribution in [2.45, 2.75) is 115 Å². The number of nitriles is 1. The number of carbonyl (C=O) groups is 6. The van der Waals surface area contributed by atoms with Gasteiger partial charge in [-0.3, -0.25) is 28.8 Å². The van der Waals surface area contributed by atoms with Crippen molar-refractivity contribution in [3.63, 3.8) is 0 Å². The van der Waals surface area contributed by atoms with Gasteiger partial charge < -0.3 is 58.2 Å². The molecule has 1 aliphatic rings. The number of likely N-dealkylation sites (N-methyl/N-ethyl adjacent to an activating group) is 1. The van der Waals surface area contributed by atoms with Crippen LogP contribution in [0.5, 0.6) is 11.5 Å². The molecule has 0 saturated carbocycles. The Bertz CT molecular complexity index is 1870. The summed E-state index contributed by atoms with van der Waals surface area (Å²) in [4.78, 5) is 83.1. The molecule has 18 nitrogen and oxygen atoms in total. The summed E-state index contributed by atoms with van der Waals surface area (Å²) in [7, 11) is 1.40. The molecule has 340 valence electrons. The fourth-order valence-electron chi connectivity index (χ4n) is 7.05. The van der Waals surface area contributed by atoms with Crippen LogP contribution in [-0.4, -0.2) is 111 Å². The quantitative estimate of drug-likeness (QED) is 0.0578. The largest absolute Gasteiger partial charge is 0.492 e. The zero-order valence-electron chi connectivity index (χ0n) is 36.6. The molecule has 1 heterocycles. The molecular weight excluding hydrogens is 797 g/mol. The second-order valence-electron chi connectivity index (χ2n) is 15.4. The van der Waals surface area contributed by atoms with Crippen LogP contribution >= 0.6 is 0 Å². The lowest BCUT2D eigenvalue weighted by molar-refractivity contribution is -0.143. The number of unbranched alkanes of at least 4 members (excludes halogenated alkanes) is 6. The van der Waals surface area contributed by atoms with Crippen LogP contribution in [-0.2, 0) is 35.2 Å². The molecule has 2 aromatic carbocycles. The molecule has 0 aliphatic carbocycles. The lowest BCUT2D eigenvalue weighted by atomic mass is 9.93. The Hall–Kier alpha value is -5.77. The summed E-state index contributed by atoms with van der Waals surface area (Å²) in [6.07, 6.45) is 7.57. The number of benzene rings is 2. The molecule has 1 aliphatic heterocycles. The Kier molecular flexibility index (Phi) is 21.7. The normalized spacial score (nSPS) is 17.2. The number of fused-ring (bicyclic) bond motifs is 5. The maximum atomic E-state index is 14.5. The van der Waals surface area contributed by atoms with E-state index >= 15 is 0 Å². The summed E-state index contributed by atoms with van der Waals surface area (Å²) in [5.41, 5.74) is 19.4. The number of hydrogen-bond donors (Lipinski definition) is 8. The molecular formula is C44H66N10O8. The molecule has 0 radical (unpaired) electrons. The van der Waals surface area contributed by atoms with Gasteiger partial charge in [-0.15, -0.1) is 0 Å². The minimum atomic E-state index is -1.40. The third-order valence-corrected chi connectivity index (χ3v) is 10.4. The highest BCUT2D eigenvalue weighted by Gasteiger charge is 2.36. The van der Waals surface area contributed by atoms with E-state index in [-0.39, 0.29) is 64.6 Å². The zero-order valence-corrected chi connectivity index (χ0v) is 36.6. The number of rotatable bonds is 23. The lowest BCUT2D eigenvalue weighted by Crippen LogP contribution is -2.57. The first-order valence-electron chi connectivity index (χ1n) is 21.5. The Labute approximate surface area is 364 Å². The van der Waals surface area contributed by atoms with Crippen LogP contribution in [0.3, 0.4) is 0 Å². The summed E-state index contributed by atoms with van der Waals surface area (Å²) in [6.45, 7) is 5.48. The van der Waals surface area contributed by atoms with Crippen molar-refractivity contribution in [2.75, 3.05) is 46.4 Å². The molecule has 0 fully saturated rings. The van der Waals surface area contributed by atoms with Gasteiger partial charge in [0, 0.05) is 44.1 Å². The minimum Gasteiger partial charge on any atom is -0.492 e. The van der Waals surface area contributed by atoms with Gasteiger partial charge in [0.25, 0.3) is 0 Å². The van der Waals surface area contributed by atoms with Crippen LogP contribution in [0.4, 0.5) is 0 Å². The van der Waals surface area contributed by atoms with E-state index in [1.54, 1.807) is 36.4 Å². The van der Waals surface area contributed by atoms with Crippen LogP contribution in [0.15, 0.2) is 36.4 Å². The Morgan fingerprint density at radius 3 is 2.13 bits per heavy atom. The zero-order chi connectivity index (χ0) is 45.6.